The highest BCUT2D eigenvalue weighted by molar-refractivity contribution is 9.10. The lowest BCUT2D eigenvalue weighted by molar-refractivity contribution is 0.0696. The van der Waals surface area contributed by atoms with Gasteiger partial charge in [-0.2, -0.15) is 0 Å². The fourth-order valence-corrected chi connectivity index (χ4v) is 3.25. The highest BCUT2D eigenvalue weighted by atomic mass is 79.9. The molecule has 0 saturated heterocycles. The molecule has 6 heteroatoms. The molecule has 20 heavy (non-hydrogen) atoms. The Labute approximate surface area is 128 Å². The van der Waals surface area contributed by atoms with Crippen molar-refractivity contribution in [3.05, 3.63) is 49.6 Å². The van der Waals surface area contributed by atoms with Gasteiger partial charge in [-0.05, 0) is 38.1 Å². The van der Waals surface area contributed by atoms with Crippen molar-refractivity contribution in [3.63, 3.8) is 0 Å². The van der Waals surface area contributed by atoms with Gasteiger partial charge in [0.15, 0.2) is 0 Å². The van der Waals surface area contributed by atoms with Crippen LogP contribution in [0.15, 0.2) is 28.7 Å². The predicted octanol–water partition coefficient (Wildman–Crippen LogP) is 4.08. The number of carboxylic acids is 1. The van der Waals surface area contributed by atoms with Gasteiger partial charge in [0.2, 0.25) is 0 Å². The molecule has 0 radical (unpaired) electrons. The molecule has 0 aliphatic heterocycles. The third-order valence-electron chi connectivity index (χ3n) is 2.69. The average molecular weight is 354 g/mol. The molecule has 2 aromatic rings. The summed E-state index contributed by atoms with van der Waals surface area (Å²) in [5, 5.41) is 11.7. The maximum Gasteiger partial charge on any atom is 0.335 e. The van der Waals surface area contributed by atoms with Gasteiger partial charge < -0.3 is 10.4 Å². The summed E-state index contributed by atoms with van der Waals surface area (Å²) in [5.74, 6) is -1.27. The Bertz CT molecular complexity index is 694. The number of hydrogen-bond acceptors (Lipinski definition) is 3. The van der Waals surface area contributed by atoms with Crippen LogP contribution in [-0.4, -0.2) is 17.0 Å². The monoisotopic (exact) mass is 353 g/mol. The van der Waals surface area contributed by atoms with Crippen molar-refractivity contribution >= 4 is 44.8 Å². The molecule has 1 heterocycles. The first-order valence-corrected chi connectivity index (χ1v) is 7.40. The van der Waals surface area contributed by atoms with E-state index in [0.717, 1.165) is 9.75 Å². The van der Waals surface area contributed by atoms with Crippen LogP contribution in [0, 0.1) is 13.8 Å². The Morgan fingerprint density at radius 3 is 2.45 bits per heavy atom. The van der Waals surface area contributed by atoms with Crippen molar-refractivity contribution in [2.75, 3.05) is 5.32 Å². The topological polar surface area (TPSA) is 66.4 Å². The number of aromatic carboxylic acids is 1. The van der Waals surface area contributed by atoms with Crippen LogP contribution in [0.2, 0.25) is 0 Å². The molecule has 1 aromatic heterocycles. The summed E-state index contributed by atoms with van der Waals surface area (Å²) in [6.07, 6.45) is 0. The minimum Gasteiger partial charge on any atom is -0.478 e. The zero-order chi connectivity index (χ0) is 14.9. The number of nitrogens with one attached hydrogen (secondary N) is 1. The predicted molar refractivity (Wildman–Crippen MR) is 82.8 cm³/mol. The summed E-state index contributed by atoms with van der Waals surface area (Å²) in [6, 6.07) is 6.40. The van der Waals surface area contributed by atoms with E-state index in [9.17, 15) is 9.59 Å². The molecule has 0 aliphatic rings. The number of carbonyl (C=O) groups excluding carboxylic acids is 1. The quantitative estimate of drug-likeness (QED) is 0.873. The molecule has 2 rings (SSSR count). The van der Waals surface area contributed by atoms with Crippen LogP contribution < -0.4 is 5.32 Å². The number of halogens is 1. The number of hydrogen-bond donors (Lipinski definition) is 2. The second kappa shape index (κ2) is 5.76. The average Bonchev–Trinajstić information content (AvgIpc) is 2.67. The molecule has 1 aromatic carbocycles. The lowest BCUT2D eigenvalue weighted by Crippen LogP contribution is -2.12. The number of anilines is 1. The fraction of sp³-hybridized carbons (Fsp3) is 0.143. The zero-order valence-corrected chi connectivity index (χ0v) is 13.3. The van der Waals surface area contributed by atoms with Gasteiger partial charge in [0, 0.05) is 19.9 Å². The second-order valence-corrected chi connectivity index (χ2v) is 6.69. The van der Waals surface area contributed by atoms with Crippen molar-refractivity contribution in [2.45, 2.75) is 13.8 Å². The van der Waals surface area contributed by atoms with E-state index in [1.54, 1.807) is 17.4 Å². The molecule has 0 saturated carbocycles. The Morgan fingerprint density at radius 1 is 1.20 bits per heavy atom. The summed E-state index contributed by atoms with van der Waals surface area (Å²) >= 11 is 4.79. The number of benzene rings is 1. The van der Waals surface area contributed by atoms with Crippen LogP contribution in [0.25, 0.3) is 0 Å². The van der Waals surface area contributed by atoms with E-state index in [1.165, 1.54) is 12.1 Å². The molecule has 0 aliphatic carbocycles. The van der Waals surface area contributed by atoms with Crippen LogP contribution in [0.3, 0.4) is 0 Å². The van der Waals surface area contributed by atoms with Gasteiger partial charge in [0.05, 0.1) is 11.1 Å². The van der Waals surface area contributed by atoms with E-state index >= 15 is 0 Å². The van der Waals surface area contributed by atoms with Crippen molar-refractivity contribution in [1.29, 1.82) is 0 Å². The van der Waals surface area contributed by atoms with E-state index in [-0.39, 0.29) is 11.5 Å². The minimum atomic E-state index is -1.04. The Morgan fingerprint density at radius 2 is 1.90 bits per heavy atom. The molecule has 0 atom stereocenters. The number of thiophene rings is 1. The molecule has 104 valence electrons. The molecule has 0 unspecified atom stereocenters. The number of rotatable bonds is 3. The largest absolute Gasteiger partial charge is 0.478 e. The van der Waals surface area contributed by atoms with Crippen LogP contribution >= 0.6 is 27.3 Å². The summed E-state index contributed by atoms with van der Waals surface area (Å²) in [5.41, 5.74) is 1.18. The summed E-state index contributed by atoms with van der Waals surface area (Å²) in [4.78, 5) is 25.2. The van der Waals surface area contributed by atoms with Gasteiger partial charge in [-0.3, -0.25) is 4.79 Å². The first-order chi connectivity index (χ1) is 9.36. The highest BCUT2D eigenvalue weighted by Crippen LogP contribution is 2.24. The van der Waals surface area contributed by atoms with Crippen LogP contribution in [0.5, 0.6) is 0 Å². The highest BCUT2D eigenvalue weighted by Gasteiger charge is 2.13. The number of carboxylic acid groups (broad SMARTS) is 1. The molecule has 4 nitrogen and oxygen atoms in total. The normalized spacial score (nSPS) is 10.3. The van der Waals surface area contributed by atoms with Crippen LogP contribution in [0.1, 0.15) is 30.5 Å². The number of carbonyl (C=O) groups is 2. The third kappa shape index (κ3) is 3.26. The summed E-state index contributed by atoms with van der Waals surface area (Å²) < 4.78 is 0.603. The maximum atomic E-state index is 12.2. The zero-order valence-electron chi connectivity index (χ0n) is 10.9. The van der Waals surface area contributed by atoms with Gasteiger partial charge >= 0.3 is 5.97 Å². The van der Waals surface area contributed by atoms with E-state index in [1.807, 2.05) is 19.9 Å². The third-order valence-corrected chi connectivity index (χ3v) is 4.11. The molecule has 0 bridgehead atoms. The summed E-state index contributed by atoms with van der Waals surface area (Å²) in [6.45, 7) is 3.83. The number of amides is 1. The van der Waals surface area contributed by atoms with Gasteiger partial charge in [-0.25, -0.2) is 4.79 Å². The molecule has 1 amide bonds. The van der Waals surface area contributed by atoms with E-state index in [0.29, 0.717) is 15.7 Å². The van der Waals surface area contributed by atoms with Gasteiger partial charge in [0.25, 0.3) is 5.91 Å². The van der Waals surface area contributed by atoms with Crippen LogP contribution in [-0.2, 0) is 0 Å². The molecule has 0 spiro atoms. The van der Waals surface area contributed by atoms with Crippen LogP contribution in [0.4, 0.5) is 5.69 Å². The smallest absolute Gasteiger partial charge is 0.335 e. The van der Waals surface area contributed by atoms with E-state index in [2.05, 4.69) is 21.2 Å². The number of aryl methyl sites for hydroxylation is 2. The second-order valence-electron chi connectivity index (χ2n) is 4.31. The van der Waals surface area contributed by atoms with Crippen molar-refractivity contribution in [1.82, 2.24) is 0 Å². The molecule has 0 fully saturated rings. The lowest BCUT2D eigenvalue weighted by atomic mass is 10.2. The fourth-order valence-electron chi connectivity index (χ4n) is 1.84. The lowest BCUT2D eigenvalue weighted by Gasteiger charge is -2.07. The van der Waals surface area contributed by atoms with Gasteiger partial charge in [-0.1, -0.05) is 15.9 Å². The van der Waals surface area contributed by atoms with E-state index < -0.39 is 5.97 Å². The maximum absolute atomic E-state index is 12.2. The molecule has 2 N–H and O–H groups in total. The standard InChI is InChI=1S/C14H12BrNO3S/c1-7-3-12(8(2)20-7)13(17)16-11-5-9(14(18)19)4-10(15)6-11/h3-6H,1-2H3,(H,16,17)(H,18,19). The van der Waals surface area contributed by atoms with Crippen molar-refractivity contribution in [2.24, 2.45) is 0 Å². The van der Waals surface area contributed by atoms with E-state index in [4.69, 9.17) is 5.11 Å². The summed E-state index contributed by atoms with van der Waals surface area (Å²) in [7, 11) is 0. The first-order valence-electron chi connectivity index (χ1n) is 5.79. The van der Waals surface area contributed by atoms with Gasteiger partial charge in [0.1, 0.15) is 0 Å². The Kier molecular flexibility index (Phi) is 4.25. The first kappa shape index (κ1) is 14.7. The molecular weight excluding hydrogens is 342 g/mol. The Balaban J connectivity index is 2.28. The van der Waals surface area contributed by atoms with Crippen molar-refractivity contribution < 1.29 is 14.7 Å². The SMILES string of the molecule is Cc1cc(C(=O)Nc2cc(Br)cc(C(=O)O)c2)c(C)s1. The van der Waals surface area contributed by atoms with Gasteiger partial charge in [-0.15, -0.1) is 11.3 Å². The Hall–Kier alpha value is -1.66. The minimum absolute atomic E-state index is 0.118. The van der Waals surface area contributed by atoms with Crippen molar-refractivity contribution in [3.8, 4) is 0 Å². The molecular formula is C14H12BrNO3S.